The first-order chi connectivity index (χ1) is 7.78. The molecule has 2 heterocycles. The topological polar surface area (TPSA) is 50.7 Å². The number of rotatable bonds is 3. The van der Waals surface area contributed by atoms with Crippen molar-refractivity contribution < 1.29 is 0 Å². The van der Waals surface area contributed by atoms with E-state index in [0.29, 0.717) is 6.42 Å². The molecule has 1 N–H and O–H groups in total. The van der Waals surface area contributed by atoms with Crippen LogP contribution in [0, 0.1) is 6.92 Å². The number of nitrogens with zero attached hydrogens (tertiary/aromatic N) is 3. The van der Waals surface area contributed by atoms with Crippen molar-refractivity contribution in [1.29, 1.82) is 0 Å². The van der Waals surface area contributed by atoms with Crippen molar-refractivity contribution in [2.24, 2.45) is 0 Å². The molecule has 16 heavy (non-hydrogen) atoms. The van der Waals surface area contributed by atoms with Crippen LogP contribution in [0.1, 0.15) is 17.1 Å². The van der Waals surface area contributed by atoms with Gasteiger partial charge in [0.15, 0.2) is 0 Å². The van der Waals surface area contributed by atoms with Gasteiger partial charge in [0, 0.05) is 37.6 Å². The molecule has 0 fully saturated rings. The van der Waals surface area contributed by atoms with Crippen LogP contribution in [0.15, 0.2) is 30.6 Å². The van der Waals surface area contributed by atoms with Crippen LogP contribution in [-0.4, -0.2) is 22.0 Å². The minimum Gasteiger partial charge on any atom is -0.373 e. The molecule has 2 rings (SSSR count). The van der Waals surface area contributed by atoms with E-state index in [1.54, 1.807) is 6.20 Å². The second kappa shape index (κ2) is 4.70. The number of hydrogen-bond acceptors (Lipinski definition) is 4. The molecule has 0 saturated carbocycles. The Hall–Kier alpha value is -1.97. The Labute approximate surface area is 94.8 Å². The molecular formula is C12H14N4. The molecule has 0 unspecified atom stereocenters. The van der Waals surface area contributed by atoms with Crippen LogP contribution in [0.2, 0.25) is 0 Å². The maximum atomic E-state index is 4.40. The standard InChI is InChI=1S/C12H14N4/c1-9-6-11(13-2)16-12(15-9)7-10-4-3-5-14-8-10/h3-6,8H,7H2,1-2H3,(H,13,15,16). The normalized spacial score (nSPS) is 10.1. The summed E-state index contributed by atoms with van der Waals surface area (Å²) in [5.41, 5.74) is 2.09. The number of nitrogens with one attached hydrogen (secondary N) is 1. The largest absolute Gasteiger partial charge is 0.373 e. The first kappa shape index (κ1) is 10.5. The number of aryl methyl sites for hydroxylation is 1. The second-order valence-corrected chi connectivity index (χ2v) is 3.60. The predicted molar refractivity (Wildman–Crippen MR) is 63.4 cm³/mol. The summed E-state index contributed by atoms with van der Waals surface area (Å²) in [6.07, 6.45) is 4.31. The molecule has 0 atom stereocenters. The zero-order chi connectivity index (χ0) is 11.4. The Bertz CT molecular complexity index is 468. The van der Waals surface area contributed by atoms with Crippen LogP contribution in [-0.2, 0) is 6.42 Å². The van der Waals surface area contributed by atoms with Gasteiger partial charge in [-0.3, -0.25) is 4.98 Å². The maximum Gasteiger partial charge on any atom is 0.135 e. The summed E-state index contributed by atoms with van der Waals surface area (Å²) in [7, 11) is 1.86. The molecule has 0 bridgehead atoms. The number of anilines is 1. The third-order valence-corrected chi connectivity index (χ3v) is 2.24. The zero-order valence-corrected chi connectivity index (χ0v) is 9.44. The van der Waals surface area contributed by atoms with Crippen molar-refractivity contribution in [3.05, 3.63) is 47.7 Å². The van der Waals surface area contributed by atoms with Crippen molar-refractivity contribution in [2.75, 3.05) is 12.4 Å². The van der Waals surface area contributed by atoms with E-state index in [-0.39, 0.29) is 0 Å². The third-order valence-electron chi connectivity index (χ3n) is 2.24. The molecule has 4 nitrogen and oxygen atoms in total. The highest BCUT2D eigenvalue weighted by atomic mass is 15.0. The van der Waals surface area contributed by atoms with Crippen LogP contribution in [0.5, 0.6) is 0 Å². The van der Waals surface area contributed by atoms with Gasteiger partial charge < -0.3 is 5.32 Å². The number of pyridine rings is 1. The van der Waals surface area contributed by atoms with Crippen LogP contribution in [0.25, 0.3) is 0 Å². The number of aromatic nitrogens is 3. The van der Waals surface area contributed by atoms with E-state index in [9.17, 15) is 0 Å². The van der Waals surface area contributed by atoms with Gasteiger partial charge in [-0.05, 0) is 18.6 Å². The molecule has 0 spiro atoms. The van der Waals surface area contributed by atoms with Gasteiger partial charge in [0.25, 0.3) is 0 Å². The molecule has 2 aromatic rings. The fraction of sp³-hybridized carbons (Fsp3) is 0.250. The molecule has 0 aliphatic rings. The van der Waals surface area contributed by atoms with Crippen LogP contribution in [0.4, 0.5) is 5.82 Å². The van der Waals surface area contributed by atoms with Gasteiger partial charge in [0.1, 0.15) is 11.6 Å². The molecule has 0 radical (unpaired) electrons. The average molecular weight is 214 g/mol. The van der Waals surface area contributed by atoms with E-state index in [1.807, 2.05) is 38.4 Å². The summed E-state index contributed by atoms with van der Waals surface area (Å²) in [6, 6.07) is 5.87. The van der Waals surface area contributed by atoms with E-state index < -0.39 is 0 Å². The molecule has 82 valence electrons. The lowest BCUT2D eigenvalue weighted by Crippen LogP contribution is -2.02. The summed E-state index contributed by atoms with van der Waals surface area (Å²) in [4.78, 5) is 12.9. The van der Waals surface area contributed by atoms with Gasteiger partial charge in [-0.2, -0.15) is 0 Å². The van der Waals surface area contributed by atoms with Crippen molar-refractivity contribution in [2.45, 2.75) is 13.3 Å². The molecule has 0 saturated heterocycles. The fourth-order valence-corrected chi connectivity index (χ4v) is 1.52. The Morgan fingerprint density at radius 3 is 2.88 bits per heavy atom. The quantitative estimate of drug-likeness (QED) is 0.846. The van der Waals surface area contributed by atoms with Gasteiger partial charge in [-0.25, -0.2) is 9.97 Å². The molecule has 0 aliphatic heterocycles. The van der Waals surface area contributed by atoms with Crippen molar-refractivity contribution in [1.82, 2.24) is 15.0 Å². The first-order valence-corrected chi connectivity index (χ1v) is 5.19. The second-order valence-electron chi connectivity index (χ2n) is 3.60. The zero-order valence-electron chi connectivity index (χ0n) is 9.44. The summed E-state index contributed by atoms with van der Waals surface area (Å²) >= 11 is 0. The van der Waals surface area contributed by atoms with Crippen LogP contribution in [0.3, 0.4) is 0 Å². The molecule has 4 heteroatoms. The highest BCUT2D eigenvalue weighted by molar-refractivity contribution is 5.35. The summed E-state index contributed by atoms with van der Waals surface area (Å²) in [5, 5.41) is 3.03. The van der Waals surface area contributed by atoms with Gasteiger partial charge in [0.2, 0.25) is 0 Å². The lowest BCUT2D eigenvalue weighted by Gasteiger charge is -2.05. The minimum atomic E-state index is 0.712. The van der Waals surface area contributed by atoms with E-state index in [4.69, 9.17) is 0 Å². The van der Waals surface area contributed by atoms with Crippen LogP contribution >= 0.6 is 0 Å². The maximum absolute atomic E-state index is 4.40. The van der Waals surface area contributed by atoms with Crippen molar-refractivity contribution in [3.8, 4) is 0 Å². The Kier molecular flexibility index (Phi) is 3.10. The molecule has 0 aliphatic carbocycles. The summed E-state index contributed by atoms with van der Waals surface area (Å²) in [5.74, 6) is 1.67. The van der Waals surface area contributed by atoms with Crippen molar-refractivity contribution >= 4 is 5.82 Å². The Balaban J connectivity index is 2.24. The van der Waals surface area contributed by atoms with Gasteiger partial charge >= 0.3 is 0 Å². The smallest absolute Gasteiger partial charge is 0.135 e. The summed E-state index contributed by atoms with van der Waals surface area (Å²) in [6.45, 7) is 1.97. The van der Waals surface area contributed by atoms with E-state index in [2.05, 4.69) is 20.3 Å². The van der Waals surface area contributed by atoms with E-state index in [1.165, 1.54) is 0 Å². The predicted octanol–water partition coefficient (Wildman–Crippen LogP) is 1.81. The molecule has 0 amide bonds. The third kappa shape index (κ3) is 2.53. The molecule has 0 aromatic carbocycles. The highest BCUT2D eigenvalue weighted by Crippen LogP contribution is 2.09. The van der Waals surface area contributed by atoms with Gasteiger partial charge in [0.05, 0.1) is 0 Å². The monoisotopic (exact) mass is 214 g/mol. The highest BCUT2D eigenvalue weighted by Gasteiger charge is 2.02. The SMILES string of the molecule is CNc1cc(C)nc(Cc2cccnc2)n1. The van der Waals surface area contributed by atoms with Gasteiger partial charge in [-0.15, -0.1) is 0 Å². The average Bonchev–Trinajstić information content (AvgIpc) is 2.29. The van der Waals surface area contributed by atoms with Crippen LogP contribution < -0.4 is 5.32 Å². The molecule has 2 aromatic heterocycles. The fourth-order valence-electron chi connectivity index (χ4n) is 1.52. The lowest BCUT2D eigenvalue weighted by atomic mass is 10.2. The van der Waals surface area contributed by atoms with E-state index in [0.717, 1.165) is 22.9 Å². The summed E-state index contributed by atoms with van der Waals surface area (Å²) < 4.78 is 0. The Morgan fingerprint density at radius 1 is 1.31 bits per heavy atom. The van der Waals surface area contributed by atoms with Gasteiger partial charge in [-0.1, -0.05) is 6.07 Å². The van der Waals surface area contributed by atoms with Crippen molar-refractivity contribution in [3.63, 3.8) is 0 Å². The number of hydrogen-bond donors (Lipinski definition) is 1. The first-order valence-electron chi connectivity index (χ1n) is 5.19. The lowest BCUT2D eigenvalue weighted by molar-refractivity contribution is 0.939. The Morgan fingerprint density at radius 2 is 2.19 bits per heavy atom. The molecular weight excluding hydrogens is 200 g/mol. The van der Waals surface area contributed by atoms with E-state index >= 15 is 0 Å². The minimum absolute atomic E-state index is 0.712.